The van der Waals surface area contributed by atoms with Gasteiger partial charge in [-0.15, -0.1) is 24.2 Å². The zero-order valence-corrected chi connectivity index (χ0v) is 31.2. The zero-order valence-electron chi connectivity index (χ0n) is 28.9. The fourth-order valence-corrected chi connectivity index (χ4v) is 8.13. The first-order valence-electron chi connectivity index (χ1n) is 18.6. The summed E-state index contributed by atoms with van der Waals surface area (Å²) in [7, 11) is 0. The van der Waals surface area contributed by atoms with Crippen LogP contribution in [0.15, 0.2) is 24.3 Å². The minimum Gasteiger partial charge on any atom is -0.567 e. The molecule has 0 bridgehead atoms. The molecule has 2 heterocycles. The molecule has 250 valence electrons. The summed E-state index contributed by atoms with van der Waals surface area (Å²) in [6, 6.07) is 17.5. The van der Waals surface area contributed by atoms with E-state index in [1.54, 1.807) is 0 Å². The Hall–Kier alpha value is -1.35. The third-order valence-electron chi connectivity index (χ3n) is 10.9. The molecule has 0 N–H and O–H groups in total. The second kappa shape index (κ2) is 18.3. The van der Waals surface area contributed by atoms with Gasteiger partial charge < -0.3 is 20.9 Å². The minimum atomic E-state index is 0. The predicted molar refractivity (Wildman–Crippen MR) is 189 cm³/mol. The molecule has 2 atom stereocenters. The second-order valence-corrected chi connectivity index (χ2v) is 14.0. The van der Waals surface area contributed by atoms with Crippen molar-refractivity contribution in [2.75, 3.05) is 23.1 Å². The molecule has 5 rings (SSSR count). The molecule has 0 amide bonds. The largest absolute Gasteiger partial charge is 4.00 e. The van der Waals surface area contributed by atoms with Crippen LogP contribution in [0.25, 0.3) is 10.9 Å². The number of anilines is 2. The van der Waals surface area contributed by atoms with E-state index in [9.17, 15) is 0 Å². The molecular formula is C40H60N4Pt. The maximum Gasteiger partial charge on any atom is 4.00 e. The van der Waals surface area contributed by atoms with Gasteiger partial charge in [-0.05, 0) is 13.1 Å². The van der Waals surface area contributed by atoms with E-state index < -0.39 is 0 Å². The van der Waals surface area contributed by atoms with Crippen molar-refractivity contribution < 1.29 is 21.1 Å². The van der Waals surface area contributed by atoms with Crippen molar-refractivity contribution in [3.63, 3.8) is 0 Å². The van der Waals surface area contributed by atoms with Crippen molar-refractivity contribution in [2.45, 2.75) is 162 Å². The number of rotatable bonds is 16. The molecule has 2 aromatic rings. The smallest absolute Gasteiger partial charge is 0.567 e. The molecule has 4 nitrogen and oxygen atoms in total. The van der Waals surface area contributed by atoms with E-state index in [2.05, 4.69) is 74.1 Å². The molecule has 0 aromatic heterocycles. The van der Waals surface area contributed by atoms with Gasteiger partial charge in [-0.25, -0.2) is 0 Å². The van der Waals surface area contributed by atoms with E-state index in [0.29, 0.717) is 12.1 Å². The Kier molecular flexibility index (Phi) is 14.8. The molecule has 2 aromatic carbocycles. The molecule has 1 saturated carbocycles. The fraction of sp³-hybridized carbons (Fsp3) is 0.700. The van der Waals surface area contributed by atoms with Crippen molar-refractivity contribution >= 4 is 11.4 Å². The first-order valence-corrected chi connectivity index (χ1v) is 18.6. The Morgan fingerprint density at radius 1 is 0.622 bits per heavy atom. The standard InChI is InChI=1S/C40H60N4.Pt/c1-5-9-16-32-20-22-36(30-34(32)18-11-7-3)43-28-24-38(41-43)40(26-14-13-15-27-40)39-25-29-44(42-39)37-23-21-33(17-10-6-2)35(31-37)19-12-8-4;/h20-21,30-31,38-39H,5-19,24-29H2,1-4H3;/q-4;+4. The summed E-state index contributed by atoms with van der Waals surface area (Å²) in [5.41, 5.74) is 19.6. The normalized spacial score (nSPS) is 21.3. The van der Waals surface area contributed by atoms with Crippen molar-refractivity contribution in [3.8, 4) is 0 Å². The quantitative estimate of drug-likeness (QED) is 0.159. The van der Waals surface area contributed by atoms with Gasteiger partial charge in [-0.2, -0.15) is 46.5 Å². The van der Waals surface area contributed by atoms with Crippen LogP contribution in [0.3, 0.4) is 0 Å². The van der Waals surface area contributed by atoms with Crippen LogP contribution in [0.2, 0.25) is 0 Å². The zero-order chi connectivity index (χ0) is 30.8. The number of nitrogens with zero attached hydrogens (tertiary/aromatic N) is 4. The number of benzene rings is 2. The molecule has 0 spiro atoms. The maximum atomic E-state index is 5.51. The van der Waals surface area contributed by atoms with Gasteiger partial charge in [0.1, 0.15) is 0 Å². The predicted octanol–water partition coefficient (Wildman–Crippen LogP) is 11.0. The van der Waals surface area contributed by atoms with Crippen LogP contribution in [0.4, 0.5) is 11.4 Å². The molecule has 2 aliphatic heterocycles. The molecule has 2 saturated heterocycles. The van der Waals surface area contributed by atoms with Crippen LogP contribution in [0, 0.1) is 17.5 Å². The first kappa shape index (κ1) is 36.5. The third kappa shape index (κ3) is 8.97. The number of hydrogen-bond acceptors (Lipinski definition) is 2. The summed E-state index contributed by atoms with van der Waals surface area (Å²) in [4.78, 5) is 0. The molecule has 3 aliphatic rings. The van der Waals surface area contributed by atoms with Gasteiger partial charge >= 0.3 is 21.1 Å². The van der Waals surface area contributed by atoms with Gasteiger partial charge in [0, 0.05) is 0 Å². The van der Waals surface area contributed by atoms with Crippen LogP contribution in [0.1, 0.15) is 146 Å². The molecule has 1 aliphatic carbocycles. The van der Waals surface area contributed by atoms with Gasteiger partial charge in [-0.3, -0.25) is 0 Å². The Bertz CT molecular complexity index is 1080. The number of hydrogen-bond donors (Lipinski definition) is 0. The Morgan fingerprint density at radius 3 is 1.42 bits per heavy atom. The first-order chi connectivity index (χ1) is 21.6. The van der Waals surface area contributed by atoms with E-state index in [4.69, 9.17) is 10.9 Å². The number of aryl methyl sites for hydroxylation is 4. The third-order valence-corrected chi connectivity index (χ3v) is 10.9. The summed E-state index contributed by atoms with van der Waals surface area (Å²) < 4.78 is 0. The molecular weight excluding hydrogens is 732 g/mol. The van der Waals surface area contributed by atoms with E-state index in [1.807, 2.05) is 0 Å². The monoisotopic (exact) mass is 791 g/mol. The van der Waals surface area contributed by atoms with Crippen LogP contribution >= 0.6 is 0 Å². The van der Waals surface area contributed by atoms with E-state index >= 15 is 0 Å². The van der Waals surface area contributed by atoms with Crippen molar-refractivity contribution in [1.82, 2.24) is 0 Å². The van der Waals surface area contributed by atoms with E-state index in [1.165, 1.54) is 143 Å². The van der Waals surface area contributed by atoms with E-state index in [-0.39, 0.29) is 26.5 Å². The molecule has 45 heavy (non-hydrogen) atoms. The average molecular weight is 792 g/mol. The molecule has 3 fully saturated rings. The van der Waals surface area contributed by atoms with Gasteiger partial charge in [0.05, 0.1) is 0 Å². The van der Waals surface area contributed by atoms with Crippen molar-refractivity contribution in [2.24, 2.45) is 5.41 Å². The summed E-state index contributed by atoms with van der Waals surface area (Å²) in [5, 5.41) is 4.63. The van der Waals surface area contributed by atoms with Crippen LogP contribution in [-0.2, 0) is 46.7 Å². The van der Waals surface area contributed by atoms with Gasteiger partial charge in [0.25, 0.3) is 0 Å². The van der Waals surface area contributed by atoms with Crippen LogP contribution in [-0.4, -0.2) is 25.2 Å². The average Bonchev–Trinajstić information content (AvgIpc) is 3.77. The van der Waals surface area contributed by atoms with Crippen LogP contribution in [0.5, 0.6) is 0 Å². The summed E-state index contributed by atoms with van der Waals surface area (Å²) in [6.45, 7) is 11.2. The Morgan fingerprint density at radius 2 is 1.02 bits per heavy atom. The molecule has 2 unspecified atom stereocenters. The van der Waals surface area contributed by atoms with Crippen molar-refractivity contribution in [1.29, 1.82) is 0 Å². The summed E-state index contributed by atoms with van der Waals surface area (Å²) in [5.74, 6) is 0. The minimum absolute atomic E-state index is 0. The van der Waals surface area contributed by atoms with Crippen LogP contribution < -0.4 is 10.0 Å². The van der Waals surface area contributed by atoms with Gasteiger partial charge in [0.2, 0.25) is 0 Å². The Labute approximate surface area is 291 Å². The van der Waals surface area contributed by atoms with Gasteiger partial charge in [-0.1, -0.05) is 166 Å². The SMILES string of the molecule is CCCCc1c[c-]c(N2CCC(C3(C4CCN(c5[c-]cc(CCCC)c(CCCC)c5)[N-]4)CCCCC3)[N-]2)cc1CCCC.[Pt+4]. The van der Waals surface area contributed by atoms with Gasteiger partial charge in [0.15, 0.2) is 0 Å². The summed E-state index contributed by atoms with van der Waals surface area (Å²) in [6.07, 6.45) is 23.5. The number of unbranched alkanes of at least 4 members (excludes halogenated alkanes) is 4. The van der Waals surface area contributed by atoms with Crippen molar-refractivity contribution in [3.05, 3.63) is 69.5 Å². The molecule has 5 heteroatoms. The van der Waals surface area contributed by atoms with E-state index in [0.717, 1.165) is 25.9 Å². The molecule has 0 radical (unpaired) electrons. The summed E-state index contributed by atoms with van der Waals surface area (Å²) >= 11 is 0. The Balaban J connectivity index is 0.00000461. The fourth-order valence-electron chi connectivity index (χ4n) is 8.13. The maximum absolute atomic E-state index is 5.51. The second-order valence-electron chi connectivity index (χ2n) is 14.0. The topological polar surface area (TPSA) is 34.7 Å².